The summed E-state index contributed by atoms with van der Waals surface area (Å²) in [5.74, 6) is -0.386. The number of rotatable bonds is 2. The van der Waals surface area contributed by atoms with Crippen LogP contribution in [0.15, 0.2) is 39.4 Å². The zero-order chi connectivity index (χ0) is 14.2. The van der Waals surface area contributed by atoms with Crippen LogP contribution < -0.4 is 4.90 Å². The summed E-state index contributed by atoms with van der Waals surface area (Å²) in [6.45, 7) is 0. The lowest BCUT2D eigenvalue weighted by molar-refractivity contribution is 0.624. The van der Waals surface area contributed by atoms with Gasteiger partial charge in [0.05, 0.1) is 10.7 Å². The van der Waals surface area contributed by atoms with Gasteiger partial charge in [0.1, 0.15) is 5.82 Å². The molecule has 1 unspecified atom stereocenters. The average molecular weight is 321 g/mol. The van der Waals surface area contributed by atoms with E-state index in [4.69, 9.17) is 34.8 Å². The maximum Gasteiger partial charge on any atom is 0.146 e. The van der Waals surface area contributed by atoms with E-state index in [9.17, 15) is 4.39 Å². The minimum Gasteiger partial charge on any atom is -0.375 e. The molecule has 0 amide bonds. The van der Waals surface area contributed by atoms with Crippen LogP contribution in [0.1, 0.15) is 17.9 Å². The minimum absolute atomic E-state index is 0.119. The molecule has 102 valence electrons. The first kappa shape index (κ1) is 14.7. The first-order valence-electron chi connectivity index (χ1n) is 5.78. The van der Waals surface area contributed by atoms with E-state index in [-0.39, 0.29) is 11.7 Å². The van der Waals surface area contributed by atoms with E-state index >= 15 is 0 Å². The Hall–Kier alpha value is -0.700. The Morgan fingerprint density at radius 1 is 1.21 bits per heavy atom. The monoisotopic (exact) mass is 319 g/mol. The van der Waals surface area contributed by atoms with Gasteiger partial charge in [0.2, 0.25) is 0 Å². The van der Waals surface area contributed by atoms with Crippen molar-refractivity contribution < 1.29 is 4.39 Å². The van der Waals surface area contributed by atoms with Crippen LogP contribution in [-0.2, 0) is 0 Å². The zero-order valence-corrected chi connectivity index (χ0v) is 12.8. The Labute approximate surface area is 127 Å². The van der Waals surface area contributed by atoms with Crippen LogP contribution in [0.5, 0.6) is 0 Å². The van der Waals surface area contributed by atoms with Crippen LogP contribution in [0.2, 0.25) is 0 Å². The largest absolute Gasteiger partial charge is 0.375 e. The minimum atomic E-state index is -0.266. The Morgan fingerprint density at radius 3 is 2.53 bits per heavy atom. The molecule has 1 aliphatic rings. The second kappa shape index (κ2) is 5.74. The predicted molar refractivity (Wildman–Crippen MR) is 80.8 cm³/mol. The van der Waals surface area contributed by atoms with Gasteiger partial charge >= 0.3 is 0 Å². The first-order chi connectivity index (χ1) is 8.90. The van der Waals surface area contributed by atoms with Gasteiger partial charge in [-0.1, -0.05) is 40.9 Å². The molecule has 0 aliphatic heterocycles. The summed E-state index contributed by atoms with van der Waals surface area (Å²) in [7, 11) is 3.58. The molecule has 0 saturated heterocycles. The molecule has 2 rings (SSSR count). The molecule has 1 aromatic rings. The van der Waals surface area contributed by atoms with Crippen molar-refractivity contribution in [3.8, 4) is 0 Å². The van der Waals surface area contributed by atoms with Crippen molar-refractivity contribution in [1.82, 2.24) is 0 Å². The highest BCUT2D eigenvalue weighted by atomic mass is 35.5. The molecule has 0 spiro atoms. The van der Waals surface area contributed by atoms with E-state index in [0.29, 0.717) is 27.2 Å². The van der Waals surface area contributed by atoms with Crippen molar-refractivity contribution in [3.05, 3.63) is 50.8 Å². The highest BCUT2D eigenvalue weighted by Gasteiger charge is 2.24. The Balaban J connectivity index is 2.44. The van der Waals surface area contributed by atoms with Crippen LogP contribution >= 0.6 is 34.8 Å². The molecule has 0 saturated carbocycles. The molecule has 0 aromatic heterocycles. The van der Waals surface area contributed by atoms with Crippen molar-refractivity contribution in [2.75, 3.05) is 19.0 Å². The summed E-state index contributed by atoms with van der Waals surface area (Å²) in [6, 6.07) is 4.94. The Kier molecular flexibility index (Phi) is 4.44. The van der Waals surface area contributed by atoms with E-state index in [0.717, 1.165) is 5.56 Å². The number of hydrogen-bond acceptors (Lipinski definition) is 1. The third-order valence-electron chi connectivity index (χ3n) is 3.07. The quantitative estimate of drug-likeness (QED) is 0.724. The molecule has 0 heterocycles. The smallest absolute Gasteiger partial charge is 0.146 e. The normalized spacial score (nSPS) is 19.5. The van der Waals surface area contributed by atoms with E-state index in [1.54, 1.807) is 37.2 Å². The van der Waals surface area contributed by atoms with Crippen LogP contribution in [0.4, 0.5) is 10.1 Å². The second-order valence-electron chi connectivity index (χ2n) is 4.65. The number of hydrogen-bond donors (Lipinski definition) is 0. The molecule has 1 nitrogen and oxygen atoms in total. The fourth-order valence-electron chi connectivity index (χ4n) is 2.07. The number of allylic oxidation sites excluding steroid dienone is 4. The molecular weight excluding hydrogens is 308 g/mol. The van der Waals surface area contributed by atoms with Gasteiger partial charge in [0.15, 0.2) is 0 Å². The van der Waals surface area contributed by atoms with Crippen LogP contribution in [0, 0.1) is 5.82 Å². The third-order valence-corrected chi connectivity index (χ3v) is 4.21. The lowest BCUT2D eigenvalue weighted by Gasteiger charge is -2.23. The lowest BCUT2D eigenvalue weighted by Crippen LogP contribution is -2.12. The van der Waals surface area contributed by atoms with E-state index in [1.807, 2.05) is 0 Å². The summed E-state index contributed by atoms with van der Waals surface area (Å²) in [6.07, 6.45) is 2.23. The van der Waals surface area contributed by atoms with Gasteiger partial charge in [-0.25, -0.2) is 4.39 Å². The number of benzene rings is 1. The van der Waals surface area contributed by atoms with E-state index in [1.165, 1.54) is 6.07 Å². The summed E-state index contributed by atoms with van der Waals surface area (Å²) < 4.78 is 13.7. The van der Waals surface area contributed by atoms with Crippen LogP contribution in [0.3, 0.4) is 0 Å². The van der Waals surface area contributed by atoms with Gasteiger partial charge < -0.3 is 4.90 Å². The van der Waals surface area contributed by atoms with Crippen molar-refractivity contribution in [2.45, 2.75) is 12.3 Å². The van der Waals surface area contributed by atoms with Crippen molar-refractivity contribution in [3.63, 3.8) is 0 Å². The molecule has 1 atom stereocenters. The zero-order valence-electron chi connectivity index (χ0n) is 10.6. The first-order valence-corrected chi connectivity index (χ1v) is 6.91. The Bertz CT molecular complexity index is 564. The maximum absolute atomic E-state index is 13.7. The van der Waals surface area contributed by atoms with Crippen LogP contribution in [0.25, 0.3) is 0 Å². The highest BCUT2D eigenvalue weighted by molar-refractivity contribution is 6.42. The molecule has 0 N–H and O–H groups in total. The summed E-state index contributed by atoms with van der Waals surface area (Å²) in [5.41, 5.74) is 1.42. The molecule has 0 fully saturated rings. The Morgan fingerprint density at radius 2 is 1.89 bits per heavy atom. The van der Waals surface area contributed by atoms with E-state index in [2.05, 4.69) is 0 Å². The topological polar surface area (TPSA) is 3.24 Å². The summed E-state index contributed by atoms with van der Waals surface area (Å²) >= 11 is 18.3. The predicted octanol–water partition coefficient (Wildman–Crippen LogP) is 5.19. The van der Waals surface area contributed by atoms with Crippen LogP contribution in [-0.4, -0.2) is 14.1 Å². The summed E-state index contributed by atoms with van der Waals surface area (Å²) in [5, 5.41) is 1.64. The van der Waals surface area contributed by atoms with Gasteiger partial charge in [0.25, 0.3) is 0 Å². The van der Waals surface area contributed by atoms with Crippen molar-refractivity contribution in [1.29, 1.82) is 0 Å². The summed E-state index contributed by atoms with van der Waals surface area (Å²) in [4.78, 5) is 1.72. The average Bonchev–Trinajstić information content (AvgIpc) is 2.34. The maximum atomic E-state index is 13.7. The third kappa shape index (κ3) is 3.07. The van der Waals surface area contributed by atoms with Gasteiger partial charge in [-0.15, -0.1) is 0 Å². The molecule has 0 bridgehead atoms. The molecule has 0 radical (unpaired) electrons. The number of halogens is 4. The SMILES string of the molecule is CN(C)c1cc(C2CC(Cl)=CC(Cl)=C2Cl)ccc1F. The second-order valence-corrected chi connectivity index (χ2v) is 5.95. The van der Waals surface area contributed by atoms with E-state index < -0.39 is 0 Å². The molecular formula is C14H13Cl3FN. The molecule has 1 aromatic carbocycles. The number of anilines is 1. The van der Waals surface area contributed by atoms with Gasteiger partial charge in [-0.3, -0.25) is 0 Å². The standard InChI is InChI=1S/C14H13Cl3FN/c1-19(2)13-5-8(3-4-12(13)18)10-6-9(15)7-11(16)14(10)17/h3-5,7,10H,6H2,1-2H3. The lowest BCUT2D eigenvalue weighted by atomic mass is 9.91. The highest BCUT2D eigenvalue weighted by Crippen LogP contribution is 2.42. The fraction of sp³-hybridized carbons (Fsp3) is 0.286. The molecule has 19 heavy (non-hydrogen) atoms. The number of nitrogens with zero attached hydrogens (tertiary/aromatic N) is 1. The molecule has 5 heteroatoms. The fourth-order valence-corrected chi connectivity index (χ4v) is 2.91. The van der Waals surface area contributed by atoms with Crippen molar-refractivity contribution in [2.24, 2.45) is 0 Å². The van der Waals surface area contributed by atoms with Gasteiger partial charge in [-0.05, 0) is 30.2 Å². The van der Waals surface area contributed by atoms with Crippen molar-refractivity contribution >= 4 is 40.5 Å². The molecule has 1 aliphatic carbocycles. The van der Waals surface area contributed by atoms with Gasteiger partial charge in [0, 0.05) is 30.1 Å². The van der Waals surface area contributed by atoms with Gasteiger partial charge in [-0.2, -0.15) is 0 Å².